The number of benzene rings is 2. The van der Waals surface area contributed by atoms with Gasteiger partial charge in [-0.2, -0.15) is 0 Å². The van der Waals surface area contributed by atoms with Crippen LogP contribution in [0.1, 0.15) is 32.3 Å². The molecule has 5 heteroatoms. The molecule has 0 saturated carbocycles. The largest absolute Gasteiger partial charge is 0.489 e. The second kappa shape index (κ2) is 10.2. The molecule has 2 amide bonds. The monoisotopic (exact) mass is 354 g/mol. The Morgan fingerprint density at radius 3 is 2.23 bits per heavy atom. The molecule has 138 valence electrons. The molecule has 0 bridgehead atoms. The first-order valence-corrected chi connectivity index (χ1v) is 8.96. The Hall–Kier alpha value is -2.82. The number of carbonyl (C=O) groups excluding carboxylic acids is 2. The highest BCUT2D eigenvalue weighted by molar-refractivity contribution is 5.94. The minimum atomic E-state index is -0.248. The number of ether oxygens (including phenoxy) is 1. The van der Waals surface area contributed by atoms with Crippen LogP contribution in [0, 0.1) is 5.92 Å². The number of amides is 2. The van der Waals surface area contributed by atoms with Crippen molar-refractivity contribution in [3.63, 3.8) is 0 Å². The van der Waals surface area contributed by atoms with E-state index in [1.54, 1.807) is 24.3 Å². The molecule has 26 heavy (non-hydrogen) atoms. The molecule has 0 aliphatic carbocycles. The van der Waals surface area contributed by atoms with E-state index in [0.29, 0.717) is 12.3 Å². The summed E-state index contributed by atoms with van der Waals surface area (Å²) in [5.41, 5.74) is 1.76. The molecule has 0 saturated heterocycles. The van der Waals surface area contributed by atoms with E-state index < -0.39 is 0 Å². The van der Waals surface area contributed by atoms with Crippen molar-refractivity contribution in [1.82, 2.24) is 5.32 Å². The molecule has 0 atom stereocenters. The van der Waals surface area contributed by atoms with E-state index in [1.165, 1.54) is 0 Å². The van der Waals surface area contributed by atoms with Gasteiger partial charge in [-0.25, -0.2) is 0 Å². The molecule has 0 heterocycles. The van der Waals surface area contributed by atoms with Gasteiger partial charge in [0, 0.05) is 11.6 Å². The zero-order valence-corrected chi connectivity index (χ0v) is 15.3. The van der Waals surface area contributed by atoms with Crippen molar-refractivity contribution in [3.8, 4) is 5.75 Å². The summed E-state index contributed by atoms with van der Waals surface area (Å²) in [6.45, 7) is 4.40. The average molecular weight is 354 g/mol. The molecule has 0 fully saturated rings. The van der Waals surface area contributed by atoms with E-state index in [2.05, 4.69) is 10.6 Å². The molecule has 0 spiro atoms. The van der Waals surface area contributed by atoms with E-state index in [-0.39, 0.29) is 24.3 Å². The molecule has 5 nitrogen and oxygen atoms in total. The number of hydrogen-bond donors (Lipinski definition) is 2. The van der Waals surface area contributed by atoms with Crippen LogP contribution in [-0.2, 0) is 16.2 Å². The maximum Gasteiger partial charge on any atom is 0.243 e. The lowest BCUT2D eigenvalue weighted by Gasteiger charge is -2.13. The van der Waals surface area contributed by atoms with Crippen molar-refractivity contribution in [3.05, 3.63) is 60.2 Å². The van der Waals surface area contributed by atoms with Gasteiger partial charge in [-0.15, -0.1) is 0 Å². The van der Waals surface area contributed by atoms with Gasteiger partial charge in [-0.3, -0.25) is 9.59 Å². The van der Waals surface area contributed by atoms with Crippen LogP contribution in [0.2, 0.25) is 0 Å². The maximum absolute atomic E-state index is 12.0. The summed E-state index contributed by atoms with van der Waals surface area (Å²) < 4.78 is 5.71. The van der Waals surface area contributed by atoms with Gasteiger partial charge in [0.25, 0.3) is 0 Å². The average Bonchev–Trinajstić information content (AvgIpc) is 2.67. The van der Waals surface area contributed by atoms with Crippen LogP contribution in [0.25, 0.3) is 0 Å². The second-order valence-corrected chi connectivity index (χ2v) is 6.08. The Morgan fingerprint density at radius 2 is 1.62 bits per heavy atom. The van der Waals surface area contributed by atoms with E-state index >= 15 is 0 Å². The van der Waals surface area contributed by atoms with Crippen LogP contribution in [0.5, 0.6) is 5.75 Å². The first-order valence-electron chi connectivity index (χ1n) is 8.96. The van der Waals surface area contributed by atoms with Gasteiger partial charge in [0.15, 0.2) is 0 Å². The zero-order valence-electron chi connectivity index (χ0n) is 15.3. The summed E-state index contributed by atoms with van der Waals surface area (Å²) in [5.74, 6) is 0.370. The van der Waals surface area contributed by atoms with Crippen molar-refractivity contribution >= 4 is 17.5 Å². The van der Waals surface area contributed by atoms with Crippen molar-refractivity contribution in [1.29, 1.82) is 0 Å². The van der Waals surface area contributed by atoms with Crippen LogP contribution in [0.15, 0.2) is 54.6 Å². The fourth-order valence-electron chi connectivity index (χ4n) is 2.55. The van der Waals surface area contributed by atoms with Gasteiger partial charge in [0.1, 0.15) is 12.4 Å². The van der Waals surface area contributed by atoms with Gasteiger partial charge in [-0.1, -0.05) is 44.2 Å². The molecule has 0 radical (unpaired) electrons. The highest BCUT2D eigenvalue weighted by Crippen LogP contribution is 2.17. The summed E-state index contributed by atoms with van der Waals surface area (Å²) >= 11 is 0. The number of rotatable bonds is 9. The van der Waals surface area contributed by atoms with Crippen LogP contribution in [0.3, 0.4) is 0 Å². The minimum absolute atomic E-state index is 0.0262. The fraction of sp³-hybridized carbons (Fsp3) is 0.333. The summed E-state index contributed by atoms with van der Waals surface area (Å²) in [4.78, 5) is 23.8. The number of nitrogens with one attached hydrogen (secondary N) is 2. The first kappa shape index (κ1) is 19.5. The van der Waals surface area contributed by atoms with Crippen molar-refractivity contribution in [2.45, 2.75) is 33.3 Å². The van der Waals surface area contributed by atoms with Crippen LogP contribution < -0.4 is 15.4 Å². The Kier molecular flexibility index (Phi) is 7.68. The maximum atomic E-state index is 12.0. The minimum Gasteiger partial charge on any atom is -0.489 e. The van der Waals surface area contributed by atoms with Crippen LogP contribution in [-0.4, -0.2) is 18.4 Å². The summed E-state index contributed by atoms with van der Waals surface area (Å²) in [7, 11) is 0. The third-order valence-electron chi connectivity index (χ3n) is 4.17. The number of hydrogen-bond acceptors (Lipinski definition) is 3. The third kappa shape index (κ3) is 6.24. The van der Waals surface area contributed by atoms with Gasteiger partial charge in [0.2, 0.25) is 11.8 Å². The molecule has 2 aromatic rings. The van der Waals surface area contributed by atoms with Gasteiger partial charge < -0.3 is 15.4 Å². The molecular formula is C21H26N2O3. The predicted octanol–water partition coefficient (Wildman–Crippen LogP) is 3.76. The SMILES string of the molecule is CCC(CC)C(=O)NCC(=O)Nc1ccc(OCc2ccccc2)cc1. The highest BCUT2D eigenvalue weighted by atomic mass is 16.5. The topological polar surface area (TPSA) is 67.4 Å². The summed E-state index contributed by atoms with van der Waals surface area (Å²) in [6, 6.07) is 17.1. The van der Waals surface area contributed by atoms with Crippen LogP contribution in [0.4, 0.5) is 5.69 Å². The molecule has 2 N–H and O–H groups in total. The Labute approximate surface area is 154 Å². The zero-order chi connectivity index (χ0) is 18.8. The lowest BCUT2D eigenvalue weighted by atomic mass is 10.0. The molecular weight excluding hydrogens is 328 g/mol. The Balaban J connectivity index is 1.77. The lowest BCUT2D eigenvalue weighted by molar-refractivity contribution is -0.127. The predicted molar refractivity (Wildman–Crippen MR) is 103 cm³/mol. The van der Waals surface area contributed by atoms with E-state index in [1.807, 2.05) is 44.2 Å². The number of carbonyl (C=O) groups is 2. The third-order valence-corrected chi connectivity index (χ3v) is 4.17. The normalized spacial score (nSPS) is 10.4. The standard InChI is InChI=1S/C21H26N2O3/c1-3-17(4-2)21(25)22-14-20(24)23-18-10-12-19(13-11-18)26-15-16-8-6-5-7-9-16/h5-13,17H,3-4,14-15H2,1-2H3,(H,22,25)(H,23,24). The fourth-order valence-corrected chi connectivity index (χ4v) is 2.55. The number of anilines is 1. The van der Waals surface area contributed by atoms with E-state index in [9.17, 15) is 9.59 Å². The van der Waals surface area contributed by atoms with Gasteiger partial charge in [-0.05, 0) is 42.7 Å². The van der Waals surface area contributed by atoms with Crippen LogP contribution >= 0.6 is 0 Å². The smallest absolute Gasteiger partial charge is 0.243 e. The molecule has 0 aliphatic heterocycles. The Bertz CT molecular complexity index is 695. The lowest BCUT2D eigenvalue weighted by Crippen LogP contribution is -2.36. The summed E-state index contributed by atoms with van der Waals surface area (Å²) in [6.07, 6.45) is 1.54. The second-order valence-electron chi connectivity index (χ2n) is 6.08. The molecule has 2 rings (SSSR count). The van der Waals surface area contributed by atoms with Crippen molar-refractivity contribution < 1.29 is 14.3 Å². The molecule has 2 aromatic carbocycles. The Morgan fingerprint density at radius 1 is 0.962 bits per heavy atom. The molecule has 0 aliphatic rings. The van der Waals surface area contributed by atoms with Gasteiger partial charge >= 0.3 is 0 Å². The van der Waals surface area contributed by atoms with Crippen molar-refractivity contribution in [2.24, 2.45) is 5.92 Å². The first-order chi connectivity index (χ1) is 12.6. The molecule has 0 unspecified atom stereocenters. The molecule has 0 aromatic heterocycles. The highest BCUT2D eigenvalue weighted by Gasteiger charge is 2.14. The van der Waals surface area contributed by atoms with Crippen molar-refractivity contribution in [2.75, 3.05) is 11.9 Å². The van der Waals surface area contributed by atoms with E-state index in [0.717, 1.165) is 24.2 Å². The van der Waals surface area contributed by atoms with E-state index in [4.69, 9.17) is 4.74 Å². The summed E-state index contributed by atoms with van der Waals surface area (Å²) in [5, 5.41) is 5.44. The quantitative estimate of drug-likeness (QED) is 0.720. The van der Waals surface area contributed by atoms with Gasteiger partial charge in [0.05, 0.1) is 6.54 Å².